The standard InChI is InChI=1S/C14H11N3O4/c18-12-8-5-9-7(3-6(8)1-2-15-12)4-10(21-9)11-13(19)17-14(20)16-11/h3-5,11H,1-2H2,(H,15,18)(H2,16,17,19,20). The van der Waals surface area contributed by atoms with Crippen molar-refractivity contribution in [1.29, 1.82) is 0 Å². The third kappa shape index (κ3) is 1.78. The second-order valence-electron chi connectivity index (χ2n) is 5.10. The number of amides is 4. The van der Waals surface area contributed by atoms with Crippen molar-refractivity contribution in [3.05, 3.63) is 35.1 Å². The highest BCUT2D eigenvalue weighted by molar-refractivity contribution is 6.05. The van der Waals surface area contributed by atoms with Crippen LogP contribution in [0.2, 0.25) is 0 Å². The van der Waals surface area contributed by atoms with Gasteiger partial charge in [0, 0.05) is 17.5 Å². The van der Waals surface area contributed by atoms with Gasteiger partial charge in [0.25, 0.3) is 11.8 Å². The Morgan fingerprint density at radius 1 is 1.14 bits per heavy atom. The number of urea groups is 1. The van der Waals surface area contributed by atoms with Crippen LogP contribution < -0.4 is 16.0 Å². The average molecular weight is 285 g/mol. The van der Waals surface area contributed by atoms with E-state index in [0.717, 1.165) is 17.4 Å². The van der Waals surface area contributed by atoms with E-state index in [4.69, 9.17) is 4.42 Å². The number of hydrogen-bond acceptors (Lipinski definition) is 4. The zero-order chi connectivity index (χ0) is 14.6. The van der Waals surface area contributed by atoms with Crippen LogP contribution in [0.15, 0.2) is 22.6 Å². The molecule has 2 aliphatic heterocycles. The van der Waals surface area contributed by atoms with Gasteiger partial charge in [-0.25, -0.2) is 4.79 Å². The Hall–Kier alpha value is -2.83. The summed E-state index contributed by atoms with van der Waals surface area (Å²) in [5.41, 5.74) is 2.07. The summed E-state index contributed by atoms with van der Waals surface area (Å²) in [7, 11) is 0. The van der Waals surface area contributed by atoms with Gasteiger partial charge in [0.2, 0.25) is 0 Å². The Labute approximate surface area is 118 Å². The molecule has 2 aliphatic rings. The highest BCUT2D eigenvalue weighted by Crippen LogP contribution is 2.29. The molecule has 1 aromatic carbocycles. The van der Waals surface area contributed by atoms with Crippen molar-refractivity contribution in [2.24, 2.45) is 0 Å². The average Bonchev–Trinajstić information content (AvgIpc) is 2.99. The van der Waals surface area contributed by atoms with Crippen LogP contribution in [0.3, 0.4) is 0 Å². The summed E-state index contributed by atoms with van der Waals surface area (Å²) >= 11 is 0. The van der Waals surface area contributed by atoms with Crippen molar-refractivity contribution in [3.8, 4) is 0 Å². The molecule has 1 unspecified atom stereocenters. The molecule has 1 atom stereocenters. The summed E-state index contributed by atoms with van der Waals surface area (Å²) < 4.78 is 5.63. The number of rotatable bonds is 1. The Balaban J connectivity index is 1.82. The lowest BCUT2D eigenvalue weighted by atomic mass is 9.98. The number of carbonyl (C=O) groups is 3. The van der Waals surface area contributed by atoms with Gasteiger partial charge in [0.1, 0.15) is 11.3 Å². The first kappa shape index (κ1) is 12.0. The fourth-order valence-corrected chi connectivity index (χ4v) is 2.74. The Bertz CT molecular complexity index is 808. The normalized spacial score (nSPS) is 21.0. The number of furan rings is 1. The minimum absolute atomic E-state index is 0.122. The second-order valence-corrected chi connectivity index (χ2v) is 5.10. The first-order valence-corrected chi connectivity index (χ1v) is 6.58. The predicted octanol–water partition coefficient (Wildman–Crippen LogP) is 0.599. The molecular formula is C14H11N3O4. The maximum atomic E-state index is 11.8. The lowest BCUT2D eigenvalue weighted by Crippen LogP contribution is -2.31. The molecule has 3 N–H and O–H groups in total. The predicted molar refractivity (Wildman–Crippen MR) is 71.7 cm³/mol. The molecule has 4 rings (SSSR count). The van der Waals surface area contributed by atoms with Crippen LogP contribution in [0, 0.1) is 0 Å². The van der Waals surface area contributed by atoms with E-state index in [2.05, 4.69) is 16.0 Å². The minimum Gasteiger partial charge on any atom is -0.458 e. The monoisotopic (exact) mass is 285 g/mol. The Morgan fingerprint density at radius 3 is 2.76 bits per heavy atom. The summed E-state index contributed by atoms with van der Waals surface area (Å²) in [5.74, 6) is -0.208. The molecule has 1 aromatic heterocycles. The lowest BCUT2D eigenvalue weighted by Gasteiger charge is -2.15. The van der Waals surface area contributed by atoms with Gasteiger partial charge in [-0.3, -0.25) is 14.9 Å². The summed E-state index contributed by atoms with van der Waals surface area (Å²) in [6, 6.07) is 3.93. The van der Waals surface area contributed by atoms with Crippen LogP contribution in [-0.2, 0) is 11.2 Å². The molecule has 7 heteroatoms. The van der Waals surface area contributed by atoms with Gasteiger partial charge < -0.3 is 15.1 Å². The Morgan fingerprint density at radius 2 is 2.00 bits per heavy atom. The first-order chi connectivity index (χ1) is 10.1. The van der Waals surface area contributed by atoms with Crippen molar-refractivity contribution >= 4 is 28.8 Å². The molecule has 0 aliphatic carbocycles. The van der Waals surface area contributed by atoms with Gasteiger partial charge in [-0.15, -0.1) is 0 Å². The molecule has 1 fully saturated rings. The van der Waals surface area contributed by atoms with Crippen LogP contribution in [0.4, 0.5) is 4.79 Å². The summed E-state index contributed by atoms with van der Waals surface area (Å²) in [6.45, 7) is 0.614. The molecule has 4 amide bonds. The minimum atomic E-state index is -0.823. The molecule has 1 saturated heterocycles. The number of nitrogens with one attached hydrogen (secondary N) is 3. The maximum Gasteiger partial charge on any atom is 0.322 e. The van der Waals surface area contributed by atoms with E-state index in [9.17, 15) is 14.4 Å². The Kier molecular flexibility index (Phi) is 2.32. The molecule has 0 bridgehead atoms. The largest absolute Gasteiger partial charge is 0.458 e. The maximum absolute atomic E-state index is 11.8. The first-order valence-electron chi connectivity index (χ1n) is 6.58. The van der Waals surface area contributed by atoms with E-state index in [1.807, 2.05) is 6.07 Å². The van der Waals surface area contributed by atoms with Crippen molar-refractivity contribution < 1.29 is 18.8 Å². The molecule has 0 radical (unpaired) electrons. The fraction of sp³-hybridized carbons (Fsp3) is 0.214. The fourth-order valence-electron chi connectivity index (χ4n) is 2.74. The lowest BCUT2D eigenvalue weighted by molar-refractivity contribution is -0.120. The molecule has 3 heterocycles. The molecule has 7 nitrogen and oxygen atoms in total. The van der Waals surface area contributed by atoms with Gasteiger partial charge in [-0.1, -0.05) is 0 Å². The van der Waals surface area contributed by atoms with E-state index in [-0.39, 0.29) is 5.91 Å². The van der Waals surface area contributed by atoms with E-state index in [0.29, 0.717) is 23.5 Å². The molecule has 21 heavy (non-hydrogen) atoms. The number of hydrogen-bond donors (Lipinski definition) is 3. The second kappa shape index (κ2) is 4.08. The quantitative estimate of drug-likeness (QED) is 0.668. The van der Waals surface area contributed by atoms with Gasteiger partial charge in [0.15, 0.2) is 6.04 Å². The van der Waals surface area contributed by atoms with Crippen molar-refractivity contribution in [3.63, 3.8) is 0 Å². The SMILES string of the molecule is O=C1NC(=O)C(c2cc3cc4c(cc3o2)C(=O)NCC4)N1. The van der Waals surface area contributed by atoms with Crippen LogP contribution in [0.1, 0.15) is 27.7 Å². The zero-order valence-electron chi connectivity index (χ0n) is 10.9. The number of imide groups is 1. The summed E-state index contributed by atoms with van der Waals surface area (Å²) in [5, 5.41) is 8.23. The van der Waals surface area contributed by atoms with Gasteiger partial charge in [-0.05, 0) is 30.2 Å². The third-order valence-corrected chi connectivity index (χ3v) is 3.74. The number of carbonyl (C=O) groups excluding carboxylic acids is 3. The highest BCUT2D eigenvalue weighted by atomic mass is 16.3. The highest BCUT2D eigenvalue weighted by Gasteiger charge is 2.33. The number of fused-ring (bicyclic) bond motifs is 2. The summed E-state index contributed by atoms with van der Waals surface area (Å²) in [4.78, 5) is 34.6. The van der Waals surface area contributed by atoms with E-state index >= 15 is 0 Å². The van der Waals surface area contributed by atoms with Crippen molar-refractivity contribution in [1.82, 2.24) is 16.0 Å². The smallest absolute Gasteiger partial charge is 0.322 e. The van der Waals surface area contributed by atoms with E-state index in [1.165, 1.54) is 0 Å². The van der Waals surface area contributed by atoms with Gasteiger partial charge >= 0.3 is 6.03 Å². The summed E-state index contributed by atoms with van der Waals surface area (Å²) in [6.07, 6.45) is 0.762. The third-order valence-electron chi connectivity index (χ3n) is 3.74. The molecular weight excluding hydrogens is 274 g/mol. The van der Waals surface area contributed by atoms with Gasteiger partial charge in [0.05, 0.1) is 0 Å². The van der Waals surface area contributed by atoms with Gasteiger partial charge in [-0.2, -0.15) is 0 Å². The van der Waals surface area contributed by atoms with Crippen molar-refractivity contribution in [2.45, 2.75) is 12.5 Å². The molecule has 106 valence electrons. The van der Waals surface area contributed by atoms with Crippen LogP contribution >= 0.6 is 0 Å². The van der Waals surface area contributed by atoms with E-state index < -0.39 is 18.0 Å². The number of benzene rings is 1. The van der Waals surface area contributed by atoms with Crippen LogP contribution in [0.25, 0.3) is 11.0 Å². The van der Waals surface area contributed by atoms with Crippen LogP contribution in [0.5, 0.6) is 0 Å². The van der Waals surface area contributed by atoms with Crippen molar-refractivity contribution in [2.75, 3.05) is 6.54 Å². The molecule has 0 spiro atoms. The van der Waals surface area contributed by atoms with Crippen LogP contribution in [-0.4, -0.2) is 24.4 Å². The topological polar surface area (TPSA) is 100 Å². The zero-order valence-corrected chi connectivity index (χ0v) is 10.9. The molecule has 2 aromatic rings. The molecule has 0 saturated carbocycles. The van der Waals surface area contributed by atoms with E-state index in [1.54, 1.807) is 12.1 Å².